The Morgan fingerprint density at radius 3 is 1.08 bits per heavy atom. The van der Waals surface area contributed by atoms with Gasteiger partial charge < -0.3 is 0 Å². The smallest absolute Gasteiger partial charge is 0.00140 e. The van der Waals surface area contributed by atoms with Crippen LogP contribution in [0.15, 0.2) is 146 Å². The molecule has 0 heterocycles. The largest absolute Gasteiger partial charge is 0.0622 e. The Balaban J connectivity index is 1.63. The second kappa shape index (κ2) is 12.0. The lowest BCUT2D eigenvalue weighted by Gasteiger charge is -2.29. The fraction of sp³-hybridized carbons (Fsp3) is 0.120. The summed E-state index contributed by atoms with van der Waals surface area (Å²) >= 11 is 0. The molecule has 0 aromatic heterocycles. The zero-order valence-electron chi connectivity index (χ0n) is 29.3. The van der Waals surface area contributed by atoms with E-state index in [1.165, 1.54) is 111 Å². The van der Waals surface area contributed by atoms with Crippen LogP contribution in [0.25, 0.3) is 88.3 Å². The molecule has 0 saturated heterocycles. The molecule has 0 N–H and O–H groups in total. The van der Waals surface area contributed by atoms with Gasteiger partial charge >= 0.3 is 0 Å². The number of benzene rings is 8. The third-order valence-corrected chi connectivity index (χ3v) is 10.9. The fourth-order valence-corrected chi connectivity index (χ4v) is 8.77. The maximum absolute atomic E-state index is 2.37. The zero-order valence-corrected chi connectivity index (χ0v) is 29.3. The van der Waals surface area contributed by atoms with Crippen molar-refractivity contribution in [3.63, 3.8) is 0 Å². The summed E-state index contributed by atoms with van der Waals surface area (Å²) in [4.78, 5) is 0. The van der Waals surface area contributed by atoms with Crippen LogP contribution in [0.5, 0.6) is 0 Å². The third-order valence-electron chi connectivity index (χ3n) is 10.9. The average molecular weight is 641 g/mol. The predicted molar refractivity (Wildman–Crippen MR) is 216 cm³/mol. The van der Waals surface area contributed by atoms with Crippen LogP contribution in [-0.4, -0.2) is 0 Å². The molecule has 0 aliphatic heterocycles. The molecule has 0 radical (unpaired) electrons. The number of aryl methyl sites for hydroxylation is 4. The second-order valence-corrected chi connectivity index (χ2v) is 13.8. The van der Waals surface area contributed by atoms with Gasteiger partial charge in [0.1, 0.15) is 0 Å². The van der Waals surface area contributed by atoms with Crippen molar-refractivity contribution < 1.29 is 0 Å². The van der Waals surface area contributed by atoms with Gasteiger partial charge in [-0.2, -0.15) is 0 Å². The summed E-state index contributed by atoms with van der Waals surface area (Å²) in [7, 11) is 0. The fourth-order valence-electron chi connectivity index (χ4n) is 8.77. The maximum atomic E-state index is 2.37. The molecule has 8 aromatic rings. The predicted octanol–water partition coefficient (Wildman–Crippen LogP) is 14.1. The van der Waals surface area contributed by atoms with Crippen molar-refractivity contribution >= 4 is 21.5 Å². The Morgan fingerprint density at radius 2 is 0.700 bits per heavy atom. The first kappa shape index (κ1) is 30.3. The van der Waals surface area contributed by atoms with Gasteiger partial charge in [0.15, 0.2) is 0 Å². The molecule has 0 unspecified atom stereocenters. The maximum Gasteiger partial charge on any atom is -0.00140 e. The van der Waals surface area contributed by atoms with E-state index in [9.17, 15) is 0 Å². The summed E-state index contributed by atoms with van der Waals surface area (Å²) in [6.45, 7) is 9.09. The van der Waals surface area contributed by atoms with Gasteiger partial charge in [0, 0.05) is 0 Å². The van der Waals surface area contributed by atoms with Crippen molar-refractivity contribution in [3.8, 4) is 66.8 Å². The summed E-state index contributed by atoms with van der Waals surface area (Å²) in [5.41, 5.74) is 21.3. The molecular formula is C50H40. The van der Waals surface area contributed by atoms with Crippen molar-refractivity contribution in [3.05, 3.63) is 168 Å². The number of hydrogen-bond acceptors (Lipinski definition) is 0. The SMILES string of the molecule is CCc1c2c(c(CC)c3c(-c4ccccc4)c(-c4ccc(C)cc4)c(-c4ccc(C)cc4)c(-c4ccccc4)c13)-c1cccc3cccc-2c13. The van der Waals surface area contributed by atoms with E-state index in [2.05, 4.69) is 173 Å². The minimum atomic E-state index is 0.929. The van der Waals surface area contributed by atoms with Crippen molar-refractivity contribution in [2.45, 2.75) is 40.5 Å². The molecule has 1 aliphatic carbocycles. The first-order valence-corrected chi connectivity index (χ1v) is 18.1. The Morgan fingerprint density at radius 1 is 0.320 bits per heavy atom. The minimum Gasteiger partial charge on any atom is -0.0622 e. The van der Waals surface area contributed by atoms with E-state index in [1.807, 2.05) is 0 Å². The second-order valence-electron chi connectivity index (χ2n) is 13.8. The van der Waals surface area contributed by atoms with Crippen molar-refractivity contribution in [2.24, 2.45) is 0 Å². The molecule has 50 heavy (non-hydrogen) atoms. The van der Waals surface area contributed by atoms with Gasteiger partial charge in [0.25, 0.3) is 0 Å². The van der Waals surface area contributed by atoms with Gasteiger partial charge in [-0.05, 0) is 126 Å². The van der Waals surface area contributed by atoms with E-state index in [1.54, 1.807) is 0 Å². The summed E-state index contributed by atoms with van der Waals surface area (Å²) in [5.74, 6) is 0. The van der Waals surface area contributed by atoms with Crippen LogP contribution in [0.2, 0.25) is 0 Å². The lowest BCUT2D eigenvalue weighted by atomic mass is 9.74. The molecule has 0 nitrogen and oxygen atoms in total. The van der Waals surface area contributed by atoms with Gasteiger partial charge in [-0.1, -0.05) is 171 Å². The van der Waals surface area contributed by atoms with Gasteiger partial charge in [-0.15, -0.1) is 0 Å². The first-order chi connectivity index (χ1) is 24.6. The summed E-state index contributed by atoms with van der Waals surface area (Å²) < 4.78 is 0. The highest BCUT2D eigenvalue weighted by Crippen LogP contribution is 2.59. The standard InChI is InChI=1S/C50H40/c1-5-38-47-40-21-13-19-33-20-14-22-41(42(33)40)48(47)39(6-2)50-46(35-17-11-8-12-18-35)44(37-29-25-32(4)26-30-37)43(36-27-23-31(3)24-28-36)45(49(38)50)34-15-9-7-10-16-34/h7-30H,5-6H2,1-4H3. The lowest BCUT2D eigenvalue weighted by Crippen LogP contribution is -2.04. The van der Waals surface area contributed by atoms with Gasteiger partial charge in [0.05, 0.1) is 0 Å². The molecule has 240 valence electrons. The van der Waals surface area contributed by atoms with E-state index in [0.717, 1.165) is 12.8 Å². The monoisotopic (exact) mass is 640 g/mol. The Bertz CT molecular complexity index is 2390. The van der Waals surface area contributed by atoms with Crippen molar-refractivity contribution in [2.75, 3.05) is 0 Å². The summed E-state index contributed by atoms with van der Waals surface area (Å²) in [6.07, 6.45) is 1.86. The van der Waals surface area contributed by atoms with E-state index in [0.29, 0.717) is 0 Å². The molecule has 0 spiro atoms. The summed E-state index contributed by atoms with van der Waals surface area (Å²) in [5, 5.41) is 5.50. The molecule has 0 bridgehead atoms. The normalized spacial score (nSPS) is 11.8. The number of hydrogen-bond donors (Lipinski definition) is 0. The van der Waals surface area contributed by atoms with Crippen molar-refractivity contribution in [1.82, 2.24) is 0 Å². The van der Waals surface area contributed by atoms with Crippen LogP contribution in [0, 0.1) is 13.8 Å². The molecule has 8 aromatic carbocycles. The van der Waals surface area contributed by atoms with Crippen LogP contribution in [0.4, 0.5) is 0 Å². The van der Waals surface area contributed by atoms with Gasteiger partial charge in [-0.3, -0.25) is 0 Å². The highest BCUT2D eigenvalue weighted by molar-refractivity contribution is 6.26. The molecule has 1 aliphatic rings. The van der Waals surface area contributed by atoms with Crippen LogP contribution in [0.1, 0.15) is 36.1 Å². The molecule has 0 saturated carbocycles. The number of rotatable bonds is 6. The highest BCUT2D eigenvalue weighted by Gasteiger charge is 2.33. The Kier molecular flexibility index (Phi) is 7.29. The van der Waals surface area contributed by atoms with Crippen molar-refractivity contribution in [1.29, 1.82) is 0 Å². The lowest BCUT2D eigenvalue weighted by molar-refractivity contribution is 1.14. The molecule has 9 rings (SSSR count). The molecule has 0 fully saturated rings. The quantitative estimate of drug-likeness (QED) is 0.170. The van der Waals surface area contributed by atoms with Crippen LogP contribution >= 0.6 is 0 Å². The highest BCUT2D eigenvalue weighted by atomic mass is 14.4. The Labute approximate surface area is 295 Å². The van der Waals surface area contributed by atoms with E-state index in [-0.39, 0.29) is 0 Å². The van der Waals surface area contributed by atoms with Crippen LogP contribution in [0.3, 0.4) is 0 Å². The number of fused-ring (bicyclic) bond motifs is 4. The summed E-state index contributed by atoms with van der Waals surface area (Å²) in [6, 6.07) is 54.6. The third kappa shape index (κ3) is 4.52. The molecular weight excluding hydrogens is 601 g/mol. The van der Waals surface area contributed by atoms with Gasteiger partial charge in [0.2, 0.25) is 0 Å². The minimum absolute atomic E-state index is 0.929. The van der Waals surface area contributed by atoms with E-state index < -0.39 is 0 Å². The van der Waals surface area contributed by atoms with E-state index in [4.69, 9.17) is 0 Å². The zero-order chi connectivity index (χ0) is 33.9. The topological polar surface area (TPSA) is 0 Å². The first-order valence-electron chi connectivity index (χ1n) is 18.1. The van der Waals surface area contributed by atoms with Gasteiger partial charge in [-0.25, -0.2) is 0 Å². The average Bonchev–Trinajstić information content (AvgIpc) is 3.50. The molecule has 0 amide bonds. The van der Waals surface area contributed by atoms with Crippen LogP contribution in [-0.2, 0) is 12.8 Å². The molecule has 0 atom stereocenters. The molecule has 0 heteroatoms. The Hall–Kier alpha value is -5.72. The van der Waals surface area contributed by atoms with Crippen LogP contribution < -0.4 is 0 Å². The van der Waals surface area contributed by atoms with E-state index >= 15 is 0 Å².